The molecule has 1 saturated heterocycles. The van der Waals surface area contributed by atoms with Gasteiger partial charge in [0.05, 0.1) is 31.8 Å². The number of ether oxygens (including phenoxy) is 1. The van der Waals surface area contributed by atoms with E-state index < -0.39 is 0 Å². The molecule has 0 unspecified atom stereocenters. The minimum absolute atomic E-state index is 0.106. The molecule has 1 aliphatic heterocycles. The van der Waals surface area contributed by atoms with Gasteiger partial charge in [-0.25, -0.2) is 9.97 Å². The molecule has 1 amide bonds. The van der Waals surface area contributed by atoms with Gasteiger partial charge in [0.2, 0.25) is 5.91 Å². The number of quaternary nitrogens is 1. The maximum atomic E-state index is 12.5. The molecule has 2 heterocycles. The number of nitrogens with one attached hydrogen (secondary N) is 2. The number of aromatic nitrogens is 2. The number of carbonyl (C=O) groups excluding carboxylic acids is 1. The summed E-state index contributed by atoms with van der Waals surface area (Å²) in [6, 6.07) is 8.46. The van der Waals surface area contributed by atoms with Crippen LogP contribution in [0.15, 0.2) is 24.3 Å². The van der Waals surface area contributed by atoms with Crippen molar-refractivity contribution in [2.75, 3.05) is 50.8 Å². The predicted octanol–water partition coefficient (Wildman–Crippen LogP) is 1.14. The zero-order valence-electron chi connectivity index (χ0n) is 18.2. The van der Waals surface area contributed by atoms with Gasteiger partial charge in [-0.05, 0) is 38.8 Å². The van der Waals surface area contributed by atoms with E-state index in [0.717, 1.165) is 61.9 Å². The first-order valence-electron chi connectivity index (χ1n) is 11.3. The number of benzene rings is 1. The second-order valence-electron chi connectivity index (χ2n) is 8.70. The predicted molar refractivity (Wildman–Crippen MR) is 118 cm³/mol. The number of fused-ring (bicyclic) bond motifs is 1. The molecule has 1 aliphatic carbocycles. The lowest BCUT2D eigenvalue weighted by Crippen LogP contribution is -3.14. The fourth-order valence-electron chi connectivity index (χ4n) is 4.03. The summed E-state index contributed by atoms with van der Waals surface area (Å²) < 4.78 is 5.39. The minimum atomic E-state index is 0.106. The van der Waals surface area contributed by atoms with Gasteiger partial charge in [0.15, 0.2) is 0 Å². The molecule has 0 spiro atoms. The van der Waals surface area contributed by atoms with Gasteiger partial charge in [-0.1, -0.05) is 12.1 Å². The first-order valence-corrected chi connectivity index (χ1v) is 11.3. The van der Waals surface area contributed by atoms with Crippen LogP contribution in [-0.2, 0) is 9.53 Å². The molecule has 162 valence electrons. The standard InChI is InChI=1S/C23H33N5O2/c1-17(2)28(11-9-21(29)24-10-12-27-13-15-30-16-14-27)23-19-5-3-4-6-20(19)25-22(26-23)18-7-8-18/h3-6,17-18H,7-16H2,1-2H3,(H,24,29)/p+1. The van der Waals surface area contributed by atoms with E-state index in [0.29, 0.717) is 18.9 Å². The van der Waals surface area contributed by atoms with Gasteiger partial charge in [-0.3, -0.25) is 4.79 Å². The number of carbonyl (C=O) groups is 1. The average Bonchev–Trinajstić information content (AvgIpc) is 3.60. The molecule has 0 bridgehead atoms. The Kier molecular flexibility index (Phi) is 6.79. The third kappa shape index (κ3) is 5.26. The van der Waals surface area contributed by atoms with Crippen molar-refractivity contribution >= 4 is 22.6 Å². The lowest BCUT2D eigenvalue weighted by molar-refractivity contribution is -0.906. The summed E-state index contributed by atoms with van der Waals surface area (Å²) in [5.41, 5.74) is 0.994. The van der Waals surface area contributed by atoms with E-state index >= 15 is 0 Å². The van der Waals surface area contributed by atoms with Crippen LogP contribution in [0.5, 0.6) is 0 Å². The Bertz CT molecular complexity index is 862. The Labute approximate surface area is 178 Å². The highest BCUT2D eigenvalue weighted by Crippen LogP contribution is 2.40. The monoisotopic (exact) mass is 412 g/mol. The number of hydrogen-bond acceptors (Lipinski definition) is 5. The third-order valence-corrected chi connectivity index (χ3v) is 6.02. The summed E-state index contributed by atoms with van der Waals surface area (Å²) in [4.78, 5) is 26.0. The molecule has 0 radical (unpaired) electrons. The quantitative estimate of drug-likeness (QED) is 0.646. The van der Waals surface area contributed by atoms with Gasteiger partial charge in [0.25, 0.3) is 0 Å². The van der Waals surface area contributed by atoms with Gasteiger partial charge in [-0.2, -0.15) is 0 Å². The second kappa shape index (κ2) is 9.71. The molecule has 1 aromatic carbocycles. The molecule has 2 fully saturated rings. The fourth-order valence-corrected chi connectivity index (χ4v) is 4.03. The summed E-state index contributed by atoms with van der Waals surface area (Å²) in [6.45, 7) is 10.4. The lowest BCUT2D eigenvalue weighted by atomic mass is 10.2. The first-order chi connectivity index (χ1) is 14.6. The van der Waals surface area contributed by atoms with E-state index in [1.54, 1.807) is 0 Å². The van der Waals surface area contributed by atoms with Crippen molar-refractivity contribution < 1.29 is 14.4 Å². The number of anilines is 1. The van der Waals surface area contributed by atoms with Crippen LogP contribution in [0.3, 0.4) is 0 Å². The molecule has 30 heavy (non-hydrogen) atoms. The molecule has 0 atom stereocenters. The van der Waals surface area contributed by atoms with Crippen LogP contribution < -0.4 is 15.1 Å². The second-order valence-corrected chi connectivity index (χ2v) is 8.70. The van der Waals surface area contributed by atoms with Crippen LogP contribution in [0.2, 0.25) is 0 Å². The van der Waals surface area contributed by atoms with Crippen molar-refractivity contribution in [2.24, 2.45) is 0 Å². The number of morpholine rings is 1. The normalized spacial score (nSPS) is 17.4. The molecule has 2 aliphatic rings. The van der Waals surface area contributed by atoms with Crippen molar-refractivity contribution in [3.8, 4) is 0 Å². The molecular weight excluding hydrogens is 378 g/mol. The van der Waals surface area contributed by atoms with Crippen LogP contribution >= 0.6 is 0 Å². The van der Waals surface area contributed by atoms with Gasteiger partial charge in [-0.15, -0.1) is 0 Å². The van der Waals surface area contributed by atoms with E-state index in [1.807, 2.05) is 12.1 Å². The topological polar surface area (TPSA) is 71.8 Å². The van der Waals surface area contributed by atoms with Gasteiger partial charge < -0.3 is 19.9 Å². The van der Waals surface area contributed by atoms with E-state index in [9.17, 15) is 4.79 Å². The van der Waals surface area contributed by atoms with Gasteiger partial charge in [0.1, 0.15) is 24.7 Å². The number of rotatable bonds is 9. The minimum Gasteiger partial charge on any atom is -0.370 e. The SMILES string of the molecule is CC(C)N(CCC(=O)NCC[NH+]1CCOCC1)c1nc(C2CC2)nc2ccccc12. The number of nitrogens with zero attached hydrogens (tertiary/aromatic N) is 3. The van der Waals surface area contributed by atoms with Crippen LogP contribution in [0.4, 0.5) is 5.82 Å². The molecule has 1 aromatic heterocycles. The maximum Gasteiger partial charge on any atom is 0.221 e. The van der Waals surface area contributed by atoms with Crippen molar-refractivity contribution in [1.29, 1.82) is 0 Å². The Morgan fingerprint density at radius 1 is 1.23 bits per heavy atom. The van der Waals surface area contributed by atoms with Crippen molar-refractivity contribution in [3.05, 3.63) is 30.1 Å². The van der Waals surface area contributed by atoms with E-state index in [1.165, 1.54) is 17.7 Å². The summed E-state index contributed by atoms with van der Waals surface area (Å²) in [5, 5.41) is 4.15. The molecule has 2 N–H and O–H groups in total. The highest BCUT2D eigenvalue weighted by atomic mass is 16.5. The molecule has 1 saturated carbocycles. The summed E-state index contributed by atoms with van der Waals surface area (Å²) in [5.74, 6) is 2.51. The lowest BCUT2D eigenvalue weighted by Gasteiger charge is -2.29. The molecule has 2 aromatic rings. The highest BCUT2D eigenvalue weighted by Gasteiger charge is 2.29. The molecule has 4 rings (SSSR count). The first kappa shape index (κ1) is 21.0. The zero-order valence-corrected chi connectivity index (χ0v) is 18.2. The summed E-state index contributed by atoms with van der Waals surface area (Å²) in [6.07, 6.45) is 2.81. The molecule has 7 heteroatoms. The summed E-state index contributed by atoms with van der Waals surface area (Å²) in [7, 11) is 0. The Balaban J connectivity index is 1.39. The summed E-state index contributed by atoms with van der Waals surface area (Å²) >= 11 is 0. The fraction of sp³-hybridized carbons (Fsp3) is 0.609. The highest BCUT2D eigenvalue weighted by molar-refractivity contribution is 5.90. The Morgan fingerprint density at radius 2 is 2.00 bits per heavy atom. The largest absolute Gasteiger partial charge is 0.370 e. The Morgan fingerprint density at radius 3 is 2.73 bits per heavy atom. The van der Waals surface area contributed by atoms with Crippen LogP contribution in [0.25, 0.3) is 10.9 Å². The van der Waals surface area contributed by atoms with Crippen LogP contribution in [0, 0.1) is 0 Å². The maximum absolute atomic E-state index is 12.5. The van der Waals surface area contributed by atoms with Gasteiger partial charge in [0, 0.05) is 30.3 Å². The third-order valence-electron chi connectivity index (χ3n) is 6.02. The van der Waals surface area contributed by atoms with Crippen molar-refractivity contribution in [3.63, 3.8) is 0 Å². The Hall–Kier alpha value is -2.25. The van der Waals surface area contributed by atoms with Crippen molar-refractivity contribution in [1.82, 2.24) is 15.3 Å². The van der Waals surface area contributed by atoms with Crippen LogP contribution in [0.1, 0.15) is 44.9 Å². The van der Waals surface area contributed by atoms with Gasteiger partial charge >= 0.3 is 0 Å². The number of amides is 1. The molecule has 7 nitrogen and oxygen atoms in total. The smallest absolute Gasteiger partial charge is 0.221 e. The van der Waals surface area contributed by atoms with Crippen molar-refractivity contribution in [2.45, 2.75) is 45.1 Å². The average molecular weight is 413 g/mol. The van der Waals surface area contributed by atoms with E-state index in [4.69, 9.17) is 14.7 Å². The van der Waals surface area contributed by atoms with E-state index in [2.05, 4.69) is 36.2 Å². The molecular formula is C23H34N5O2+. The zero-order chi connectivity index (χ0) is 20.9. The number of hydrogen-bond donors (Lipinski definition) is 2. The van der Waals surface area contributed by atoms with Crippen LogP contribution in [-0.4, -0.2) is 67.9 Å². The van der Waals surface area contributed by atoms with E-state index in [-0.39, 0.29) is 11.9 Å². The number of para-hydroxylation sites is 1.